The molecule has 3 saturated heterocycles. The van der Waals surface area contributed by atoms with E-state index in [0.29, 0.717) is 6.10 Å². The van der Waals surface area contributed by atoms with Crippen LogP contribution in [0.3, 0.4) is 0 Å². The summed E-state index contributed by atoms with van der Waals surface area (Å²) < 4.78 is 5.45. The van der Waals surface area contributed by atoms with Gasteiger partial charge >= 0.3 is 11.9 Å². The molecule has 0 radical (unpaired) electrons. The third-order valence-electron chi connectivity index (χ3n) is 4.69. The van der Waals surface area contributed by atoms with Crippen molar-refractivity contribution in [3.8, 4) is 0 Å². The molecule has 0 amide bonds. The average molecular weight is 309 g/mol. The molecule has 0 aromatic heterocycles. The fourth-order valence-electron chi connectivity index (χ4n) is 3.49. The van der Waals surface area contributed by atoms with E-state index in [-0.39, 0.29) is 0 Å². The summed E-state index contributed by atoms with van der Waals surface area (Å²) in [7, 11) is 1.81. The summed E-state index contributed by atoms with van der Waals surface area (Å²) >= 11 is 0. The van der Waals surface area contributed by atoms with Crippen molar-refractivity contribution < 1.29 is 24.5 Å². The second kappa shape index (κ2) is 7.56. The van der Waals surface area contributed by atoms with Crippen LogP contribution in [0.5, 0.6) is 0 Å². The number of allylic oxidation sites excluding steroid dienone is 2. The first kappa shape index (κ1) is 16.7. The van der Waals surface area contributed by atoms with Crippen LogP contribution in [-0.4, -0.2) is 59.9 Å². The van der Waals surface area contributed by atoms with Gasteiger partial charge in [0, 0.05) is 13.7 Å². The Morgan fingerprint density at radius 3 is 2.32 bits per heavy atom. The van der Waals surface area contributed by atoms with Crippen molar-refractivity contribution in [3.05, 3.63) is 23.8 Å². The molecular formula is C16H23NO5. The zero-order chi connectivity index (χ0) is 16.1. The lowest BCUT2D eigenvalue weighted by Gasteiger charge is -2.46. The van der Waals surface area contributed by atoms with Crippen molar-refractivity contribution in [2.24, 2.45) is 11.8 Å². The van der Waals surface area contributed by atoms with Crippen molar-refractivity contribution in [1.29, 1.82) is 0 Å². The summed E-state index contributed by atoms with van der Waals surface area (Å²) in [5.74, 6) is -1.89. The van der Waals surface area contributed by atoms with Gasteiger partial charge in [-0.2, -0.15) is 0 Å². The first-order valence-electron chi connectivity index (χ1n) is 7.60. The first-order valence-corrected chi connectivity index (χ1v) is 7.60. The molecule has 4 aliphatic rings. The van der Waals surface area contributed by atoms with E-state index in [9.17, 15) is 0 Å². The molecule has 0 spiro atoms. The number of piperidine rings is 3. The van der Waals surface area contributed by atoms with E-state index in [2.05, 4.69) is 23.1 Å². The molecule has 2 bridgehead atoms. The fraction of sp³-hybridized carbons (Fsp3) is 0.625. The van der Waals surface area contributed by atoms with Crippen LogP contribution in [0.1, 0.15) is 19.3 Å². The summed E-state index contributed by atoms with van der Waals surface area (Å²) in [6.07, 6.45) is 10.9. The maximum atomic E-state index is 9.10. The molecule has 2 unspecified atom stereocenters. The number of carbonyl (C=O) groups is 2. The molecule has 122 valence electrons. The lowest BCUT2D eigenvalue weighted by atomic mass is 9.73. The second-order valence-corrected chi connectivity index (χ2v) is 5.96. The normalized spacial score (nSPS) is 32.7. The standard InChI is InChI=1S/C14H21NO.C2H2O4/c1-16-13-4-2-3-12(9-13)14-10-15-7-5-11(14)6-8-15;3-1(4)2(5)6/h2-4,11,13-14H,5-10H2,1H3;(H,3,4)(H,5,6). The number of carboxylic acids is 2. The van der Waals surface area contributed by atoms with Crippen LogP contribution in [0.15, 0.2) is 23.8 Å². The Morgan fingerprint density at radius 1 is 1.23 bits per heavy atom. The van der Waals surface area contributed by atoms with Crippen LogP contribution in [0, 0.1) is 11.8 Å². The number of fused-ring (bicyclic) bond motifs is 3. The predicted molar refractivity (Wildman–Crippen MR) is 80.6 cm³/mol. The van der Waals surface area contributed by atoms with Crippen LogP contribution < -0.4 is 0 Å². The highest BCUT2D eigenvalue weighted by atomic mass is 16.5. The quantitative estimate of drug-likeness (QED) is 0.750. The van der Waals surface area contributed by atoms with Crippen molar-refractivity contribution in [2.75, 3.05) is 26.7 Å². The lowest BCUT2D eigenvalue weighted by molar-refractivity contribution is -0.159. The van der Waals surface area contributed by atoms with E-state index in [4.69, 9.17) is 24.5 Å². The number of nitrogens with zero attached hydrogens (tertiary/aromatic N) is 1. The minimum Gasteiger partial charge on any atom is -0.473 e. The van der Waals surface area contributed by atoms with E-state index in [0.717, 1.165) is 18.3 Å². The van der Waals surface area contributed by atoms with E-state index < -0.39 is 11.9 Å². The number of rotatable bonds is 2. The topological polar surface area (TPSA) is 87.1 Å². The van der Waals surface area contributed by atoms with Crippen molar-refractivity contribution >= 4 is 11.9 Å². The van der Waals surface area contributed by atoms with E-state index in [1.54, 1.807) is 5.57 Å². The summed E-state index contributed by atoms with van der Waals surface area (Å²) in [6, 6.07) is 0. The highest BCUT2D eigenvalue weighted by Gasteiger charge is 2.36. The molecule has 6 nitrogen and oxygen atoms in total. The third kappa shape index (κ3) is 4.18. The molecule has 6 heteroatoms. The Kier molecular flexibility index (Phi) is 5.74. The van der Waals surface area contributed by atoms with Crippen LogP contribution in [-0.2, 0) is 14.3 Å². The molecule has 22 heavy (non-hydrogen) atoms. The number of methoxy groups -OCH3 is 1. The molecule has 2 atom stereocenters. The van der Waals surface area contributed by atoms with Crippen LogP contribution in [0.2, 0.25) is 0 Å². The molecule has 2 N–H and O–H groups in total. The highest BCUT2D eigenvalue weighted by molar-refractivity contribution is 6.27. The molecule has 3 fully saturated rings. The molecule has 0 aromatic rings. The van der Waals surface area contributed by atoms with Gasteiger partial charge in [-0.25, -0.2) is 9.59 Å². The van der Waals surface area contributed by atoms with Gasteiger partial charge in [-0.05, 0) is 44.2 Å². The monoisotopic (exact) mass is 309 g/mol. The van der Waals surface area contributed by atoms with Crippen molar-refractivity contribution in [1.82, 2.24) is 4.90 Å². The molecule has 0 aromatic carbocycles. The number of hydrogen-bond acceptors (Lipinski definition) is 4. The maximum absolute atomic E-state index is 9.10. The molecule has 1 aliphatic carbocycles. The Balaban J connectivity index is 0.000000254. The minimum atomic E-state index is -1.82. The van der Waals surface area contributed by atoms with Gasteiger partial charge in [0.1, 0.15) is 0 Å². The van der Waals surface area contributed by atoms with Crippen molar-refractivity contribution in [3.63, 3.8) is 0 Å². The second-order valence-electron chi connectivity index (χ2n) is 5.96. The number of aliphatic carboxylic acids is 2. The molecule has 3 aliphatic heterocycles. The van der Waals surface area contributed by atoms with Gasteiger partial charge in [0.05, 0.1) is 6.10 Å². The van der Waals surface area contributed by atoms with E-state index in [1.165, 1.54) is 32.5 Å². The van der Waals surface area contributed by atoms with E-state index in [1.807, 2.05) is 7.11 Å². The average Bonchev–Trinajstić information content (AvgIpc) is 2.56. The van der Waals surface area contributed by atoms with Crippen LogP contribution >= 0.6 is 0 Å². The number of ether oxygens (including phenoxy) is 1. The largest absolute Gasteiger partial charge is 0.473 e. The van der Waals surface area contributed by atoms with Gasteiger partial charge in [0.25, 0.3) is 0 Å². The van der Waals surface area contributed by atoms with Gasteiger partial charge in [-0.3, -0.25) is 0 Å². The van der Waals surface area contributed by atoms with Gasteiger partial charge < -0.3 is 19.8 Å². The van der Waals surface area contributed by atoms with Crippen LogP contribution in [0.25, 0.3) is 0 Å². The van der Waals surface area contributed by atoms with Gasteiger partial charge in [-0.1, -0.05) is 23.8 Å². The smallest absolute Gasteiger partial charge is 0.414 e. The first-order chi connectivity index (χ1) is 10.5. The third-order valence-corrected chi connectivity index (χ3v) is 4.69. The van der Waals surface area contributed by atoms with Crippen molar-refractivity contribution in [2.45, 2.75) is 25.4 Å². The number of hydrogen-bond donors (Lipinski definition) is 2. The SMILES string of the molecule is COC1C=CC=C(C2CN3CCC2CC3)C1.O=C(O)C(=O)O. The summed E-state index contributed by atoms with van der Waals surface area (Å²) in [4.78, 5) is 20.8. The van der Waals surface area contributed by atoms with Gasteiger partial charge in [-0.15, -0.1) is 0 Å². The van der Waals surface area contributed by atoms with Gasteiger partial charge in [0.2, 0.25) is 0 Å². The Labute approximate surface area is 130 Å². The maximum Gasteiger partial charge on any atom is 0.414 e. The summed E-state index contributed by atoms with van der Waals surface area (Å²) in [5.41, 5.74) is 1.63. The highest BCUT2D eigenvalue weighted by Crippen LogP contribution is 2.39. The summed E-state index contributed by atoms with van der Waals surface area (Å²) in [5, 5.41) is 14.8. The van der Waals surface area contributed by atoms with E-state index >= 15 is 0 Å². The zero-order valence-corrected chi connectivity index (χ0v) is 12.8. The summed E-state index contributed by atoms with van der Waals surface area (Å²) in [6.45, 7) is 3.96. The molecule has 4 rings (SSSR count). The zero-order valence-electron chi connectivity index (χ0n) is 12.8. The molecule has 0 saturated carbocycles. The molecular weight excluding hydrogens is 286 g/mol. The number of carboxylic acid groups (broad SMARTS) is 2. The van der Waals surface area contributed by atoms with Gasteiger partial charge in [0.15, 0.2) is 0 Å². The predicted octanol–water partition coefficient (Wildman–Crippen LogP) is 1.39. The van der Waals surface area contributed by atoms with Crippen LogP contribution in [0.4, 0.5) is 0 Å². The Hall–Kier alpha value is -1.66. The minimum absolute atomic E-state index is 0.315. The Morgan fingerprint density at radius 2 is 1.86 bits per heavy atom. The molecule has 3 heterocycles. The fourth-order valence-corrected chi connectivity index (χ4v) is 3.49. The Bertz CT molecular complexity index is 465. The lowest BCUT2D eigenvalue weighted by Crippen LogP contribution is -2.48.